The van der Waals surface area contributed by atoms with Gasteiger partial charge in [-0.3, -0.25) is 13.8 Å². The third kappa shape index (κ3) is 70.4. The van der Waals surface area contributed by atoms with E-state index in [1.165, 1.54) is 360 Å². The number of aliphatic hydroxyl groups excluding tert-OH is 1. The molecule has 0 saturated heterocycles. The number of carbonyl (C=O) groups is 1. The predicted molar refractivity (Wildman–Crippen MR) is 378 cm³/mol. The third-order valence-corrected chi connectivity index (χ3v) is 19.1. The van der Waals surface area contributed by atoms with Crippen LogP contribution in [0.2, 0.25) is 0 Å². The van der Waals surface area contributed by atoms with E-state index in [-0.39, 0.29) is 19.1 Å². The van der Waals surface area contributed by atoms with Crippen molar-refractivity contribution in [2.75, 3.05) is 40.9 Å². The van der Waals surface area contributed by atoms with E-state index in [2.05, 4.69) is 31.3 Å². The average molecular weight is 1240 g/mol. The Morgan fingerprint density at radius 3 is 0.895 bits per heavy atom. The summed E-state index contributed by atoms with van der Waals surface area (Å²) in [6.07, 6.45) is 90.8. The zero-order valence-corrected chi connectivity index (χ0v) is 59.7. The molecule has 0 bridgehead atoms. The molecule has 0 aromatic carbocycles. The predicted octanol–water partition coefficient (Wildman–Crippen LogP) is 25.0. The minimum Gasteiger partial charge on any atom is -0.387 e. The normalized spacial score (nSPS) is 13.6. The summed E-state index contributed by atoms with van der Waals surface area (Å²) >= 11 is 0. The second kappa shape index (κ2) is 68.3. The van der Waals surface area contributed by atoms with Gasteiger partial charge in [-0.05, 0) is 44.9 Å². The number of carbonyl (C=O) groups excluding carboxylic acids is 1. The van der Waals surface area contributed by atoms with Crippen LogP contribution >= 0.6 is 7.82 Å². The van der Waals surface area contributed by atoms with Crippen molar-refractivity contribution in [1.29, 1.82) is 0 Å². The van der Waals surface area contributed by atoms with Crippen molar-refractivity contribution in [3.05, 3.63) is 24.3 Å². The summed E-state index contributed by atoms with van der Waals surface area (Å²) in [6, 6.07) is -0.845. The lowest BCUT2D eigenvalue weighted by Gasteiger charge is -2.25. The Hall–Kier alpha value is -1.02. The molecule has 0 fully saturated rings. The van der Waals surface area contributed by atoms with Crippen molar-refractivity contribution in [3.8, 4) is 0 Å². The van der Waals surface area contributed by atoms with Gasteiger partial charge in [0, 0.05) is 6.42 Å². The number of rotatable bonds is 73. The number of phosphoric ester groups is 1. The molecule has 0 aliphatic rings. The molecule has 9 heteroatoms. The molecule has 0 radical (unpaired) electrons. The maximum atomic E-state index is 13.1. The highest BCUT2D eigenvalue weighted by Crippen LogP contribution is 2.43. The maximum absolute atomic E-state index is 13.1. The Kier molecular flexibility index (Phi) is 67.5. The molecule has 0 aromatic rings. The molecule has 8 nitrogen and oxygen atoms in total. The molecule has 1 amide bonds. The SMILES string of the molecule is CCCCCCCCCC/C=C\CCCCCCCCCCCCCCCCCCCCCCCCCCCCCCCC(=O)NC(COP(=O)(O)OCC[N+](C)(C)C)C(O)/C=C/CCCCCCCCCCCCCCCCCCCCCCC. The van der Waals surface area contributed by atoms with E-state index >= 15 is 0 Å². The fraction of sp³-hybridized carbons (Fsp3) is 0.935. The summed E-state index contributed by atoms with van der Waals surface area (Å²) in [5, 5.41) is 14.0. The number of quaternary nitrogens is 1. The fourth-order valence-electron chi connectivity index (χ4n) is 12.2. The molecule has 0 saturated carbocycles. The van der Waals surface area contributed by atoms with Gasteiger partial charge in [-0.1, -0.05) is 385 Å². The lowest BCUT2D eigenvalue weighted by Crippen LogP contribution is -2.45. The minimum absolute atomic E-state index is 0.0649. The molecule has 3 N–H and O–H groups in total. The van der Waals surface area contributed by atoms with Crippen LogP contribution in [0.3, 0.4) is 0 Å². The van der Waals surface area contributed by atoms with Gasteiger partial charge in [0.25, 0.3) is 0 Å². The first-order chi connectivity index (χ1) is 42.0. The summed E-state index contributed by atoms with van der Waals surface area (Å²) in [6.45, 7) is 4.88. The highest BCUT2D eigenvalue weighted by molar-refractivity contribution is 7.47. The van der Waals surface area contributed by atoms with Crippen molar-refractivity contribution >= 4 is 13.7 Å². The molecule has 3 atom stereocenters. The molecule has 3 unspecified atom stereocenters. The van der Waals surface area contributed by atoms with Gasteiger partial charge < -0.3 is 19.8 Å². The van der Waals surface area contributed by atoms with E-state index in [9.17, 15) is 19.4 Å². The molecule has 0 aliphatic heterocycles. The first-order valence-corrected chi connectivity index (χ1v) is 40.2. The van der Waals surface area contributed by atoms with Gasteiger partial charge >= 0.3 is 7.82 Å². The van der Waals surface area contributed by atoms with Gasteiger partial charge in [0.1, 0.15) is 13.2 Å². The average Bonchev–Trinajstić information content (AvgIpc) is 3.70. The Labute approximate surface area is 538 Å². The Morgan fingerprint density at radius 2 is 0.628 bits per heavy atom. The zero-order chi connectivity index (χ0) is 62.6. The van der Waals surface area contributed by atoms with Crippen molar-refractivity contribution in [2.45, 2.75) is 424 Å². The molecule has 0 aliphatic carbocycles. The molecule has 0 rings (SSSR count). The van der Waals surface area contributed by atoms with Crippen molar-refractivity contribution < 1.29 is 32.9 Å². The summed E-state index contributed by atoms with van der Waals surface area (Å²) in [5.41, 5.74) is 0. The molecular weight excluding hydrogens is 1080 g/mol. The van der Waals surface area contributed by atoms with Crippen molar-refractivity contribution in [2.24, 2.45) is 0 Å². The van der Waals surface area contributed by atoms with E-state index in [0.29, 0.717) is 17.4 Å². The lowest BCUT2D eigenvalue weighted by molar-refractivity contribution is -0.870. The van der Waals surface area contributed by atoms with Gasteiger partial charge in [0.2, 0.25) is 5.91 Å². The van der Waals surface area contributed by atoms with Crippen LogP contribution in [0.5, 0.6) is 0 Å². The number of hydrogen-bond acceptors (Lipinski definition) is 5. The van der Waals surface area contributed by atoms with Crippen LogP contribution in [0.25, 0.3) is 0 Å². The van der Waals surface area contributed by atoms with Crippen LogP contribution in [-0.4, -0.2) is 73.4 Å². The quantitative estimate of drug-likeness (QED) is 0.0243. The number of hydrogen-bond donors (Lipinski definition) is 3. The van der Waals surface area contributed by atoms with Crippen LogP contribution in [-0.2, 0) is 18.4 Å². The van der Waals surface area contributed by atoms with Crippen LogP contribution in [0.1, 0.15) is 412 Å². The Balaban J connectivity index is 3.88. The van der Waals surface area contributed by atoms with Gasteiger partial charge in [-0.25, -0.2) is 4.57 Å². The van der Waals surface area contributed by atoms with Gasteiger partial charge in [-0.15, -0.1) is 0 Å². The number of phosphoric acid groups is 1. The summed E-state index contributed by atoms with van der Waals surface area (Å²) < 4.78 is 23.9. The highest BCUT2D eigenvalue weighted by Gasteiger charge is 2.28. The molecule has 0 heterocycles. The summed E-state index contributed by atoms with van der Waals surface area (Å²) in [5.74, 6) is -0.167. The number of aliphatic hydroxyl groups is 1. The second-order valence-electron chi connectivity index (χ2n) is 28.1. The Morgan fingerprint density at radius 1 is 0.384 bits per heavy atom. The molecule has 512 valence electrons. The number of unbranched alkanes of at least 4 members (excludes halogenated alkanes) is 58. The third-order valence-electron chi connectivity index (χ3n) is 18.2. The van der Waals surface area contributed by atoms with E-state index in [4.69, 9.17) is 9.05 Å². The van der Waals surface area contributed by atoms with Crippen molar-refractivity contribution in [3.63, 3.8) is 0 Å². The monoisotopic (exact) mass is 1230 g/mol. The smallest absolute Gasteiger partial charge is 0.387 e. The van der Waals surface area contributed by atoms with Crippen LogP contribution < -0.4 is 5.32 Å². The van der Waals surface area contributed by atoms with Crippen LogP contribution in [0, 0.1) is 0 Å². The Bertz CT molecular complexity index is 1450. The number of allylic oxidation sites excluding steroid dienone is 3. The highest BCUT2D eigenvalue weighted by atomic mass is 31.2. The number of nitrogens with zero attached hydrogens (tertiary/aromatic N) is 1. The molecule has 0 spiro atoms. The lowest BCUT2D eigenvalue weighted by atomic mass is 10.0. The number of amides is 1. The molecule has 86 heavy (non-hydrogen) atoms. The largest absolute Gasteiger partial charge is 0.472 e. The number of likely N-dealkylation sites (N-methyl/N-ethyl adjacent to an activating group) is 1. The van der Waals surface area contributed by atoms with E-state index in [0.717, 1.165) is 32.1 Å². The zero-order valence-electron chi connectivity index (χ0n) is 58.8. The first kappa shape index (κ1) is 85.0. The van der Waals surface area contributed by atoms with E-state index in [1.54, 1.807) is 6.08 Å². The first-order valence-electron chi connectivity index (χ1n) is 38.7. The van der Waals surface area contributed by atoms with Gasteiger partial charge in [0.05, 0.1) is 39.9 Å². The topological polar surface area (TPSA) is 105 Å². The minimum atomic E-state index is -4.35. The second-order valence-corrected chi connectivity index (χ2v) is 29.5. The van der Waals surface area contributed by atoms with Crippen LogP contribution in [0.15, 0.2) is 24.3 Å². The standard InChI is InChI=1S/C77H153N2O6P/c1-6-8-10-12-14-16-18-20-22-24-26-28-30-31-32-33-34-35-36-37-38-39-40-41-42-43-44-45-46-47-49-51-53-55-57-59-61-63-65-67-69-71-77(81)78-75(74-85-86(82,83)84-73-72-79(3,4)5)76(80)70-68-66-64-62-60-58-56-54-52-50-48-29-27-25-23-21-19-17-15-13-11-9-7-2/h24,26,68,70,75-76,80H,6-23,25,27-67,69,71-74H2,1-5H3,(H-,78,81,82,83)/p+1/b26-24-,70-68+. The van der Waals surface area contributed by atoms with Crippen LogP contribution in [0.4, 0.5) is 0 Å². The van der Waals surface area contributed by atoms with Gasteiger partial charge in [-0.2, -0.15) is 0 Å². The molecular formula is C77H154N2O6P+. The summed E-state index contributed by atoms with van der Waals surface area (Å²) in [7, 11) is 1.60. The van der Waals surface area contributed by atoms with E-state index in [1.807, 2.05) is 27.2 Å². The van der Waals surface area contributed by atoms with E-state index < -0.39 is 20.0 Å². The van der Waals surface area contributed by atoms with Crippen molar-refractivity contribution in [1.82, 2.24) is 5.32 Å². The summed E-state index contributed by atoms with van der Waals surface area (Å²) in [4.78, 5) is 23.5. The fourth-order valence-corrected chi connectivity index (χ4v) is 12.9. The molecule has 0 aromatic heterocycles. The maximum Gasteiger partial charge on any atom is 0.472 e. The number of nitrogens with one attached hydrogen (secondary N) is 1. The van der Waals surface area contributed by atoms with Gasteiger partial charge in [0.15, 0.2) is 0 Å².